The van der Waals surface area contributed by atoms with Crippen LogP contribution in [-0.2, 0) is 9.53 Å². The fraction of sp³-hybridized carbons (Fsp3) is 0.690. The number of carbonyl (C=O) groups is 1. The summed E-state index contributed by atoms with van der Waals surface area (Å²) in [6.45, 7) is 9.62. The van der Waals surface area contributed by atoms with Gasteiger partial charge in [0.1, 0.15) is 6.73 Å². The lowest BCUT2D eigenvalue weighted by Gasteiger charge is -2.30. The van der Waals surface area contributed by atoms with Gasteiger partial charge in [0.2, 0.25) is 5.91 Å². The van der Waals surface area contributed by atoms with Gasteiger partial charge in [0, 0.05) is 24.0 Å². The van der Waals surface area contributed by atoms with Crippen molar-refractivity contribution in [2.45, 2.75) is 45.4 Å². The fourth-order valence-electron chi connectivity index (χ4n) is 3.63. The van der Waals surface area contributed by atoms with Crippen molar-refractivity contribution < 1.29 is 45.3 Å². The summed E-state index contributed by atoms with van der Waals surface area (Å²) in [6.07, 6.45) is 16.3. The van der Waals surface area contributed by atoms with Crippen molar-refractivity contribution in [2.24, 2.45) is 22.7 Å². The topological polar surface area (TPSA) is 180 Å². The van der Waals surface area contributed by atoms with E-state index in [1.807, 2.05) is 13.0 Å². The van der Waals surface area contributed by atoms with E-state index in [0.717, 1.165) is 38.2 Å². The van der Waals surface area contributed by atoms with Crippen molar-refractivity contribution >= 4 is 5.91 Å². The number of aliphatic hydroxyl groups excluding tert-OH is 7. The highest BCUT2D eigenvalue weighted by atomic mass is 16.5. The molecule has 0 saturated heterocycles. The molecule has 0 aromatic rings. The molecular formula is C29H53NO9. The van der Waals surface area contributed by atoms with Crippen molar-refractivity contribution in [3.05, 3.63) is 49.6 Å². The largest absolute Gasteiger partial charge is 0.396 e. The minimum Gasteiger partial charge on any atom is -0.396 e. The number of carbonyl (C=O) groups excluding carboxylic acids is 1. The molecule has 0 radical (unpaired) electrons. The molecule has 1 amide bonds. The van der Waals surface area contributed by atoms with Crippen LogP contribution >= 0.6 is 0 Å². The maximum absolute atomic E-state index is 10.0. The summed E-state index contributed by atoms with van der Waals surface area (Å²) in [5, 5.41) is 63.7. The number of allylic oxidation sites excluding steroid dienone is 4. The Balaban J connectivity index is 0. The van der Waals surface area contributed by atoms with Crippen LogP contribution in [0, 0.1) is 22.7 Å². The Hall–Kier alpha value is -1.89. The van der Waals surface area contributed by atoms with Crippen molar-refractivity contribution in [2.75, 3.05) is 59.6 Å². The molecule has 2 aliphatic carbocycles. The number of hydrogen-bond acceptors (Lipinski definition) is 9. The highest BCUT2D eigenvalue weighted by molar-refractivity contribution is 5.86. The van der Waals surface area contributed by atoms with Gasteiger partial charge in [0.25, 0.3) is 0 Å². The Kier molecular flexibility index (Phi) is 25.3. The number of rotatable bonds is 13. The van der Waals surface area contributed by atoms with Crippen LogP contribution in [0.2, 0.25) is 0 Å². The number of aliphatic hydroxyl groups is 7. The Bertz CT molecular complexity index is 651. The van der Waals surface area contributed by atoms with Gasteiger partial charge in [-0.25, -0.2) is 0 Å². The van der Waals surface area contributed by atoms with Gasteiger partial charge in [-0.15, -0.1) is 6.58 Å². The summed E-state index contributed by atoms with van der Waals surface area (Å²) < 4.78 is 5.18. The standard InChI is InChI=1S/C9H18O3.2C8H14O2.C4H7NO2/c1-3-5-12-8-9(4-2,6-10)7-11;9-5-7-3-1-2-4-8(7)6-10;9-6-8(7-10)4-2-1-3-5-8;1-2-4(7)5-3-6/h3,10-11H,1,4-8H2,2H3;1-2,7-10H,3-6H2;1-2,9-10H,3-7H2;2,6H,1,3H2,(H,5,7). The molecule has 2 rings (SSSR count). The van der Waals surface area contributed by atoms with Gasteiger partial charge < -0.3 is 45.8 Å². The molecule has 2 unspecified atom stereocenters. The van der Waals surface area contributed by atoms with Gasteiger partial charge in [-0.3, -0.25) is 4.79 Å². The summed E-state index contributed by atoms with van der Waals surface area (Å²) in [7, 11) is 0. The van der Waals surface area contributed by atoms with E-state index in [2.05, 4.69) is 36.7 Å². The summed E-state index contributed by atoms with van der Waals surface area (Å²) in [4.78, 5) is 10.0. The molecule has 0 aromatic heterocycles. The van der Waals surface area contributed by atoms with Crippen molar-refractivity contribution in [3.63, 3.8) is 0 Å². The van der Waals surface area contributed by atoms with Crippen LogP contribution in [-0.4, -0.2) is 101 Å². The third-order valence-electron chi connectivity index (χ3n) is 6.91. The fourth-order valence-corrected chi connectivity index (χ4v) is 3.63. The molecule has 2 aliphatic rings. The third-order valence-corrected chi connectivity index (χ3v) is 6.91. The molecule has 0 saturated carbocycles. The lowest BCUT2D eigenvalue weighted by atomic mass is 9.79. The lowest BCUT2D eigenvalue weighted by Crippen LogP contribution is -2.34. The van der Waals surface area contributed by atoms with E-state index in [1.165, 1.54) is 0 Å². The zero-order chi connectivity index (χ0) is 30.0. The third kappa shape index (κ3) is 17.4. The molecule has 10 heteroatoms. The zero-order valence-corrected chi connectivity index (χ0v) is 23.6. The number of amides is 1. The van der Waals surface area contributed by atoms with Gasteiger partial charge in [-0.1, -0.05) is 43.9 Å². The van der Waals surface area contributed by atoms with Crippen LogP contribution in [0.15, 0.2) is 49.6 Å². The SMILES string of the molecule is C=CC(=O)NCO.C=CCOCC(CC)(CO)CO.OCC1(CO)CC=CCC1.OCC1CC=CCC1CO. The first-order chi connectivity index (χ1) is 18.8. The van der Waals surface area contributed by atoms with Crippen LogP contribution in [0.5, 0.6) is 0 Å². The van der Waals surface area contributed by atoms with Crippen molar-refractivity contribution in [3.8, 4) is 0 Å². The van der Waals surface area contributed by atoms with Gasteiger partial charge in [0.05, 0.1) is 39.6 Å². The zero-order valence-electron chi connectivity index (χ0n) is 23.6. The number of hydrogen-bond donors (Lipinski definition) is 8. The molecule has 0 spiro atoms. The molecule has 0 aliphatic heterocycles. The summed E-state index contributed by atoms with van der Waals surface area (Å²) in [6, 6.07) is 0. The molecule has 0 bridgehead atoms. The van der Waals surface area contributed by atoms with Crippen LogP contribution in [0.25, 0.3) is 0 Å². The number of ether oxygens (including phenoxy) is 1. The Morgan fingerprint density at radius 3 is 1.82 bits per heavy atom. The Labute approximate surface area is 234 Å². The highest BCUT2D eigenvalue weighted by Crippen LogP contribution is 2.31. The van der Waals surface area contributed by atoms with E-state index in [9.17, 15) is 4.79 Å². The second kappa shape index (κ2) is 25.1. The van der Waals surface area contributed by atoms with E-state index in [-0.39, 0.29) is 69.5 Å². The van der Waals surface area contributed by atoms with E-state index in [0.29, 0.717) is 19.6 Å². The lowest BCUT2D eigenvalue weighted by molar-refractivity contribution is -0.117. The molecule has 2 atom stereocenters. The minimum absolute atomic E-state index is 0.0445. The van der Waals surface area contributed by atoms with Crippen molar-refractivity contribution in [1.29, 1.82) is 0 Å². The van der Waals surface area contributed by atoms with E-state index < -0.39 is 5.41 Å². The molecule has 0 fully saturated rings. The predicted octanol–water partition coefficient (Wildman–Crippen LogP) is 1.06. The minimum atomic E-state index is -0.483. The quantitative estimate of drug-likeness (QED) is 0.0708. The maximum atomic E-state index is 10.0. The van der Waals surface area contributed by atoms with Gasteiger partial charge in [0.15, 0.2) is 0 Å². The van der Waals surface area contributed by atoms with Crippen LogP contribution in [0.4, 0.5) is 0 Å². The van der Waals surface area contributed by atoms with Crippen LogP contribution in [0.3, 0.4) is 0 Å². The van der Waals surface area contributed by atoms with E-state index in [4.69, 9.17) is 40.5 Å². The average molecular weight is 560 g/mol. The normalized spacial score (nSPS) is 19.2. The smallest absolute Gasteiger partial charge is 0.245 e. The molecule has 10 nitrogen and oxygen atoms in total. The molecular weight excluding hydrogens is 506 g/mol. The monoisotopic (exact) mass is 559 g/mol. The summed E-state index contributed by atoms with van der Waals surface area (Å²) in [5.74, 6) is 0.215. The maximum Gasteiger partial charge on any atom is 0.245 e. The van der Waals surface area contributed by atoms with E-state index >= 15 is 0 Å². The first-order valence-electron chi connectivity index (χ1n) is 13.4. The summed E-state index contributed by atoms with van der Waals surface area (Å²) >= 11 is 0. The molecule has 0 aromatic carbocycles. The Morgan fingerprint density at radius 1 is 0.974 bits per heavy atom. The highest BCUT2D eigenvalue weighted by Gasteiger charge is 2.28. The molecule has 228 valence electrons. The van der Waals surface area contributed by atoms with Crippen LogP contribution in [0.1, 0.15) is 45.4 Å². The van der Waals surface area contributed by atoms with Crippen molar-refractivity contribution in [1.82, 2.24) is 5.32 Å². The van der Waals surface area contributed by atoms with Gasteiger partial charge in [-0.2, -0.15) is 0 Å². The molecule has 8 N–H and O–H groups in total. The van der Waals surface area contributed by atoms with Crippen LogP contribution < -0.4 is 5.32 Å². The number of nitrogens with one attached hydrogen (secondary N) is 1. The predicted molar refractivity (Wildman–Crippen MR) is 152 cm³/mol. The molecule has 0 heterocycles. The second-order valence-electron chi connectivity index (χ2n) is 9.74. The second-order valence-corrected chi connectivity index (χ2v) is 9.74. The van der Waals surface area contributed by atoms with E-state index in [1.54, 1.807) is 6.08 Å². The van der Waals surface area contributed by atoms with Gasteiger partial charge in [-0.05, 0) is 56.4 Å². The first-order valence-corrected chi connectivity index (χ1v) is 13.4. The summed E-state index contributed by atoms with van der Waals surface area (Å²) in [5.41, 5.74) is -0.697. The van der Waals surface area contributed by atoms with Gasteiger partial charge >= 0.3 is 0 Å². The molecule has 39 heavy (non-hydrogen) atoms. The Morgan fingerprint density at radius 2 is 1.54 bits per heavy atom. The average Bonchev–Trinajstić information content (AvgIpc) is 3.01. The first kappa shape index (κ1) is 39.3.